The summed E-state index contributed by atoms with van der Waals surface area (Å²) in [7, 11) is 0. The second kappa shape index (κ2) is 5.97. The van der Waals surface area contributed by atoms with E-state index in [1.807, 2.05) is 0 Å². The van der Waals surface area contributed by atoms with Crippen LogP contribution in [0, 0.1) is 0 Å². The fourth-order valence-electron chi connectivity index (χ4n) is 4.79. The van der Waals surface area contributed by atoms with Gasteiger partial charge in [0.15, 0.2) is 10.5 Å². The number of pyridine rings is 2. The smallest absolute Gasteiger partial charge is 0.343 e. The molecule has 0 saturated carbocycles. The summed E-state index contributed by atoms with van der Waals surface area (Å²) in [5.74, 6) is -0.753. The second-order valence-corrected chi connectivity index (χ2v) is 9.21. The highest BCUT2D eigenvalue weighted by atomic mass is 32.2. The van der Waals surface area contributed by atoms with E-state index in [-0.39, 0.29) is 36.3 Å². The lowest BCUT2D eigenvalue weighted by Crippen LogP contribution is -2.44. The number of aromatic nitrogens is 2. The van der Waals surface area contributed by atoms with Crippen molar-refractivity contribution in [1.29, 1.82) is 0 Å². The summed E-state index contributed by atoms with van der Waals surface area (Å²) in [5, 5.41) is 13.3. The third-order valence-electron chi connectivity index (χ3n) is 6.44. The van der Waals surface area contributed by atoms with E-state index < -0.39 is 22.7 Å². The first kappa shape index (κ1) is 18.6. The summed E-state index contributed by atoms with van der Waals surface area (Å²) >= 11 is -1.37. The van der Waals surface area contributed by atoms with Crippen LogP contribution in [-0.2, 0) is 39.5 Å². The molecule has 0 saturated heterocycles. The van der Waals surface area contributed by atoms with E-state index in [1.165, 1.54) is 0 Å². The van der Waals surface area contributed by atoms with Crippen LogP contribution in [0.2, 0.25) is 0 Å². The Morgan fingerprint density at radius 2 is 2.16 bits per heavy atom. The molecule has 9 heteroatoms. The van der Waals surface area contributed by atoms with Crippen molar-refractivity contribution in [3.05, 3.63) is 56.2 Å². The molecule has 6 rings (SSSR count). The predicted molar refractivity (Wildman–Crippen MR) is 114 cm³/mol. The standard InChI is InChI=1S/C22H17N3O5S/c1-2-22(28)13-7-16-18-11(8-25(16)20(26)12(13)9-30-21(22)27)10-5-6-31(29)19-14(23)3-4-15(24-18)17(10)19/h3-7,28H,2,8-9,23H2,1H3/t22-,31?/m0/s1. The zero-order chi connectivity index (χ0) is 21.7. The molecule has 1 unspecified atom stereocenters. The number of carbonyl (C=O) groups is 1. The van der Waals surface area contributed by atoms with Crippen molar-refractivity contribution in [2.45, 2.75) is 37.0 Å². The highest BCUT2D eigenvalue weighted by Crippen LogP contribution is 2.44. The molecule has 3 aliphatic rings. The van der Waals surface area contributed by atoms with Crippen LogP contribution >= 0.6 is 0 Å². The number of anilines is 1. The number of hydrogen-bond donors (Lipinski definition) is 2. The first-order valence-electron chi connectivity index (χ1n) is 9.86. The maximum Gasteiger partial charge on any atom is 0.343 e. The van der Waals surface area contributed by atoms with Gasteiger partial charge in [0, 0.05) is 27.9 Å². The van der Waals surface area contributed by atoms with Gasteiger partial charge in [-0.25, -0.2) is 9.78 Å². The Morgan fingerprint density at radius 1 is 1.35 bits per heavy atom. The molecular weight excluding hydrogens is 418 g/mol. The summed E-state index contributed by atoms with van der Waals surface area (Å²) in [6, 6.07) is 5.13. The molecule has 2 aromatic heterocycles. The Labute approximate surface area is 179 Å². The van der Waals surface area contributed by atoms with Gasteiger partial charge in [-0.3, -0.25) is 4.79 Å². The molecule has 31 heavy (non-hydrogen) atoms. The number of nitrogens with two attached hydrogens (primary N) is 1. The van der Waals surface area contributed by atoms with Crippen molar-refractivity contribution in [2.75, 3.05) is 5.73 Å². The first-order valence-corrected chi connectivity index (χ1v) is 11.1. The van der Waals surface area contributed by atoms with Crippen LogP contribution in [0.4, 0.5) is 5.69 Å². The maximum atomic E-state index is 13.3. The summed E-state index contributed by atoms with van der Waals surface area (Å²) in [6.07, 6.45) is 1.87. The number of nitrogen functional groups attached to an aromatic ring is 1. The molecule has 3 aromatic rings. The minimum Gasteiger partial charge on any atom is -0.607 e. The Kier molecular flexibility index (Phi) is 3.58. The van der Waals surface area contributed by atoms with Crippen LogP contribution in [0.1, 0.15) is 35.6 Å². The number of cyclic esters (lactones) is 1. The molecule has 0 radical (unpaired) electrons. The fourth-order valence-corrected chi connectivity index (χ4v) is 5.90. The molecule has 2 atom stereocenters. The average Bonchev–Trinajstić information content (AvgIpc) is 3.13. The fraction of sp³-hybridized carbons (Fsp3) is 0.227. The zero-order valence-electron chi connectivity index (χ0n) is 16.5. The van der Waals surface area contributed by atoms with Crippen LogP contribution in [-0.4, -0.2) is 25.2 Å². The average molecular weight is 435 g/mol. The van der Waals surface area contributed by atoms with Gasteiger partial charge in [-0.15, -0.1) is 0 Å². The lowest BCUT2D eigenvalue weighted by molar-refractivity contribution is -0.172. The second-order valence-electron chi connectivity index (χ2n) is 7.93. The minimum atomic E-state index is -1.87. The number of hydrogen-bond acceptors (Lipinski definition) is 7. The van der Waals surface area contributed by atoms with Gasteiger partial charge in [-0.05, 0) is 30.7 Å². The van der Waals surface area contributed by atoms with Crippen LogP contribution in [0.25, 0.3) is 28.4 Å². The third-order valence-corrected chi connectivity index (χ3v) is 7.67. The van der Waals surface area contributed by atoms with E-state index >= 15 is 0 Å². The van der Waals surface area contributed by atoms with Gasteiger partial charge >= 0.3 is 5.97 Å². The van der Waals surface area contributed by atoms with Gasteiger partial charge < -0.3 is 24.7 Å². The number of esters is 1. The van der Waals surface area contributed by atoms with Gasteiger partial charge in [0.05, 0.1) is 40.1 Å². The molecule has 0 amide bonds. The van der Waals surface area contributed by atoms with Crippen LogP contribution in [0.3, 0.4) is 0 Å². The van der Waals surface area contributed by atoms with E-state index in [9.17, 15) is 19.2 Å². The monoisotopic (exact) mass is 435 g/mol. The Morgan fingerprint density at radius 3 is 2.94 bits per heavy atom. The number of carbonyl (C=O) groups excluding carboxylic acids is 1. The first-order chi connectivity index (χ1) is 14.8. The van der Waals surface area contributed by atoms with Gasteiger partial charge in [-0.1, -0.05) is 6.92 Å². The third kappa shape index (κ3) is 2.20. The lowest BCUT2D eigenvalue weighted by atomic mass is 9.86. The number of fused-ring (bicyclic) bond motifs is 5. The largest absolute Gasteiger partial charge is 0.607 e. The molecule has 5 heterocycles. The lowest BCUT2D eigenvalue weighted by Gasteiger charge is -2.31. The number of ether oxygens (including phenoxy) is 1. The topological polar surface area (TPSA) is 130 Å². The molecule has 1 aromatic carbocycles. The minimum absolute atomic E-state index is 0.0855. The number of aliphatic hydroxyl groups is 1. The number of nitrogens with zero attached hydrogens (tertiary/aromatic N) is 2. The SMILES string of the molecule is CC[C@@]1(O)C(=O)OCc2c1cc1n(c2=O)Cc2c-1nc1ccc(N)c3c1c2C=C[S+]3[O-]. The van der Waals surface area contributed by atoms with Crippen molar-refractivity contribution in [3.63, 3.8) is 0 Å². The molecule has 0 fully saturated rings. The Balaban J connectivity index is 1.68. The Hall–Kier alpha value is -3.14. The van der Waals surface area contributed by atoms with Crippen molar-refractivity contribution >= 4 is 39.8 Å². The van der Waals surface area contributed by atoms with Gasteiger partial charge in [0.2, 0.25) is 0 Å². The molecule has 3 N–H and O–H groups in total. The van der Waals surface area contributed by atoms with E-state index in [1.54, 1.807) is 41.2 Å². The van der Waals surface area contributed by atoms with Crippen LogP contribution < -0.4 is 11.3 Å². The number of benzene rings is 1. The summed E-state index contributed by atoms with van der Waals surface area (Å²) in [6.45, 7) is 1.77. The van der Waals surface area contributed by atoms with Gasteiger partial charge in [0.1, 0.15) is 12.0 Å². The molecule has 0 bridgehead atoms. The zero-order valence-corrected chi connectivity index (χ0v) is 17.3. The van der Waals surface area contributed by atoms with Crippen molar-refractivity contribution in [1.82, 2.24) is 9.55 Å². The van der Waals surface area contributed by atoms with Gasteiger partial charge in [-0.2, -0.15) is 0 Å². The van der Waals surface area contributed by atoms with E-state index in [0.29, 0.717) is 27.5 Å². The highest BCUT2D eigenvalue weighted by Gasteiger charge is 2.45. The Bertz CT molecular complexity index is 1440. The summed E-state index contributed by atoms with van der Waals surface area (Å²) in [5.41, 5.74) is 8.33. The molecule has 0 aliphatic carbocycles. The van der Waals surface area contributed by atoms with Crippen molar-refractivity contribution < 1.29 is 19.2 Å². The molecule has 3 aliphatic heterocycles. The summed E-state index contributed by atoms with van der Waals surface area (Å²) in [4.78, 5) is 30.9. The van der Waals surface area contributed by atoms with Crippen molar-refractivity contribution in [2.24, 2.45) is 0 Å². The molecular formula is C22H17N3O5S. The van der Waals surface area contributed by atoms with E-state index in [0.717, 1.165) is 16.5 Å². The quantitative estimate of drug-likeness (QED) is 0.265. The number of rotatable bonds is 1. The molecule has 156 valence electrons. The predicted octanol–water partition coefficient (Wildman–Crippen LogP) is 1.75. The maximum absolute atomic E-state index is 13.3. The summed E-state index contributed by atoms with van der Waals surface area (Å²) < 4.78 is 19.3. The molecule has 0 spiro atoms. The van der Waals surface area contributed by atoms with Crippen LogP contribution in [0.5, 0.6) is 0 Å². The van der Waals surface area contributed by atoms with E-state index in [2.05, 4.69) is 0 Å². The normalized spacial score (nSPS) is 22.8. The highest BCUT2D eigenvalue weighted by molar-refractivity contribution is 7.94. The van der Waals surface area contributed by atoms with Crippen molar-refractivity contribution in [3.8, 4) is 11.4 Å². The van der Waals surface area contributed by atoms with E-state index in [4.69, 9.17) is 15.5 Å². The van der Waals surface area contributed by atoms with Gasteiger partial charge in [0.25, 0.3) is 5.56 Å². The molecule has 8 nitrogen and oxygen atoms in total. The van der Waals surface area contributed by atoms with Crippen LogP contribution in [0.15, 0.2) is 33.3 Å².